The van der Waals surface area contributed by atoms with Crippen LogP contribution >= 0.6 is 0 Å². The molecule has 0 saturated carbocycles. The molecule has 1 aromatic rings. The van der Waals surface area contributed by atoms with Crippen molar-refractivity contribution in [2.24, 2.45) is 0 Å². The summed E-state index contributed by atoms with van der Waals surface area (Å²) in [5, 5.41) is 3.30. The van der Waals surface area contributed by atoms with E-state index in [1.54, 1.807) is 0 Å². The highest BCUT2D eigenvalue weighted by atomic mass is 14.8. The third-order valence-electron chi connectivity index (χ3n) is 5.09. The fourth-order valence-electron chi connectivity index (χ4n) is 3.49. The van der Waals surface area contributed by atoms with E-state index in [9.17, 15) is 0 Å². The van der Waals surface area contributed by atoms with Gasteiger partial charge in [0.2, 0.25) is 0 Å². The Bertz CT molecular complexity index is 385. The van der Waals surface area contributed by atoms with Crippen molar-refractivity contribution in [3.8, 4) is 0 Å². The third kappa shape index (κ3) is 10.7. The average molecular weight is 332 g/mol. The maximum absolute atomic E-state index is 3.30. The minimum absolute atomic E-state index is 1.22. The van der Waals surface area contributed by atoms with Gasteiger partial charge in [0.05, 0.1) is 0 Å². The summed E-state index contributed by atoms with van der Waals surface area (Å²) in [6, 6.07) is 8.70. The monoisotopic (exact) mass is 331 g/mol. The number of anilines is 1. The SMILES string of the molecule is CCCCCCCCCCCCCCCCc1ccccc1NC. The topological polar surface area (TPSA) is 12.0 Å². The number of rotatable bonds is 16. The number of para-hydroxylation sites is 1. The maximum Gasteiger partial charge on any atom is 0.0370 e. The molecule has 1 aromatic carbocycles. The molecule has 0 heterocycles. The van der Waals surface area contributed by atoms with E-state index in [2.05, 4.69) is 36.5 Å². The molecule has 1 nitrogen and oxygen atoms in total. The Hall–Kier alpha value is -0.980. The predicted octanol–water partition coefficient (Wildman–Crippen LogP) is 7.75. The van der Waals surface area contributed by atoms with Gasteiger partial charge in [-0.3, -0.25) is 0 Å². The molecule has 0 aliphatic rings. The Morgan fingerprint density at radius 3 is 1.58 bits per heavy atom. The summed E-state index contributed by atoms with van der Waals surface area (Å²) in [5.74, 6) is 0. The van der Waals surface area contributed by atoms with Gasteiger partial charge in [0.1, 0.15) is 0 Å². The molecule has 1 rings (SSSR count). The summed E-state index contributed by atoms with van der Waals surface area (Å²) in [7, 11) is 2.02. The van der Waals surface area contributed by atoms with Crippen LogP contribution in [0.5, 0.6) is 0 Å². The first-order chi connectivity index (χ1) is 11.9. The van der Waals surface area contributed by atoms with Crippen molar-refractivity contribution in [3.63, 3.8) is 0 Å². The predicted molar refractivity (Wildman–Crippen MR) is 110 cm³/mol. The molecule has 1 heteroatoms. The number of benzene rings is 1. The molecule has 0 bridgehead atoms. The van der Waals surface area contributed by atoms with Crippen LogP contribution in [0.1, 0.15) is 102 Å². The molecular weight excluding hydrogens is 290 g/mol. The van der Waals surface area contributed by atoms with Crippen LogP contribution in [-0.2, 0) is 6.42 Å². The molecule has 1 N–H and O–H groups in total. The van der Waals surface area contributed by atoms with Crippen LogP contribution in [0.2, 0.25) is 0 Å². The first-order valence-corrected chi connectivity index (χ1v) is 10.6. The summed E-state index contributed by atoms with van der Waals surface area (Å²) < 4.78 is 0. The molecule has 0 aliphatic carbocycles. The zero-order chi connectivity index (χ0) is 17.3. The Balaban J connectivity index is 1.84. The summed E-state index contributed by atoms with van der Waals surface area (Å²) in [5.41, 5.74) is 2.77. The largest absolute Gasteiger partial charge is 0.388 e. The first-order valence-electron chi connectivity index (χ1n) is 10.6. The average Bonchev–Trinajstić information content (AvgIpc) is 2.62. The Morgan fingerprint density at radius 1 is 0.625 bits per heavy atom. The van der Waals surface area contributed by atoms with Gasteiger partial charge in [0, 0.05) is 12.7 Å². The number of nitrogens with one attached hydrogen (secondary N) is 1. The highest BCUT2D eigenvalue weighted by Gasteiger charge is 1.99. The molecule has 0 amide bonds. The highest BCUT2D eigenvalue weighted by molar-refractivity contribution is 5.50. The van der Waals surface area contributed by atoms with E-state index < -0.39 is 0 Å². The van der Waals surface area contributed by atoms with Gasteiger partial charge in [-0.2, -0.15) is 0 Å². The van der Waals surface area contributed by atoms with Gasteiger partial charge in [-0.1, -0.05) is 109 Å². The highest BCUT2D eigenvalue weighted by Crippen LogP contribution is 2.18. The summed E-state index contributed by atoms with van der Waals surface area (Å²) in [6.45, 7) is 2.29. The standard InChI is InChI=1S/C23H41N/c1-3-4-5-6-7-8-9-10-11-12-13-14-15-16-19-22-20-17-18-21-23(22)24-2/h17-18,20-21,24H,3-16,19H2,1-2H3. The Morgan fingerprint density at radius 2 is 1.08 bits per heavy atom. The molecule has 24 heavy (non-hydrogen) atoms. The van der Waals surface area contributed by atoms with Crippen LogP contribution < -0.4 is 5.32 Å². The zero-order valence-corrected chi connectivity index (χ0v) is 16.4. The summed E-state index contributed by atoms with van der Waals surface area (Å²) in [4.78, 5) is 0. The Labute approximate surface area is 151 Å². The number of aryl methyl sites for hydroxylation is 1. The molecule has 0 radical (unpaired) electrons. The van der Waals surface area contributed by atoms with Crippen molar-refractivity contribution >= 4 is 5.69 Å². The van der Waals surface area contributed by atoms with E-state index in [4.69, 9.17) is 0 Å². The van der Waals surface area contributed by atoms with Gasteiger partial charge in [-0.25, -0.2) is 0 Å². The molecule has 0 spiro atoms. The third-order valence-corrected chi connectivity index (χ3v) is 5.09. The minimum Gasteiger partial charge on any atom is -0.388 e. The summed E-state index contributed by atoms with van der Waals surface area (Å²) in [6.07, 6.45) is 21.3. The zero-order valence-electron chi connectivity index (χ0n) is 16.4. The van der Waals surface area contributed by atoms with Crippen LogP contribution in [0.25, 0.3) is 0 Å². The van der Waals surface area contributed by atoms with Crippen molar-refractivity contribution in [2.75, 3.05) is 12.4 Å². The smallest absolute Gasteiger partial charge is 0.0370 e. The molecular formula is C23H41N. The van der Waals surface area contributed by atoms with E-state index in [1.807, 2.05) is 7.05 Å². The second-order valence-corrected chi connectivity index (χ2v) is 7.25. The van der Waals surface area contributed by atoms with Gasteiger partial charge in [-0.15, -0.1) is 0 Å². The van der Waals surface area contributed by atoms with E-state index in [0.29, 0.717) is 0 Å². The minimum atomic E-state index is 1.22. The second kappa shape index (κ2) is 15.5. The van der Waals surface area contributed by atoms with Crippen molar-refractivity contribution in [1.82, 2.24) is 0 Å². The lowest BCUT2D eigenvalue weighted by molar-refractivity contribution is 0.535. The number of unbranched alkanes of at least 4 members (excludes halogenated alkanes) is 13. The number of hydrogen-bond donors (Lipinski definition) is 1. The fourth-order valence-corrected chi connectivity index (χ4v) is 3.49. The van der Waals surface area contributed by atoms with Crippen molar-refractivity contribution < 1.29 is 0 Å². The molecule has 0 aliphatic heterocycles. The number of hydrogen-bond acceptors (Lipinski definition) is 1. The molecule has 0 fully saturated rings. The van der Waals surface area contributed by atoms with Crippen LogP contribution in [0.4, 0.5) is 5.69 Å². The van der Waals surface area contributed by atoms with Gasteiger partial charge in [0.15, 0.2) is 0 Å². The fraction of sp³-hybridized carbons (Fsp3) is 0.739. The normalized spacial score (nSPS) is 10.9. The van der Waals surface area contributed by atoms with E-state index in [0.717, 1.165) is 0 Å². The first kappa shape index (κ1) is 21.1. The lowest BCUT2D eigenvalue weighted by atomic mass is 10.0. The molecule has 0 unspecified atom stereocenters. The lowest BCUT2D eigenvalue weighted by Gasteiger charge is -2.08. The lowest BCUT2D eigenvalue weighted by Crippen LogP contribution is -1.95. The van der Waals surface area contributed by atoms with Crippen molar-refractivity contribution in [3.05, 3.63) is 29.8 Å². The van der Waals surface area contributed by atoms with Crippen LogP contribution in [0.3, 0.4) is 0 Å². The van der Waals surface area contributed by atoms with Crippen LogP contribution in [0, 0.1) is 0 Å². The molecule has 0 atom stereocenters. The van der Waals surface area contributed by atoms with E-state index in [-0.39, 0.29) is 0 Å². The Kier molecular flexibility index (Phi) is 13.6. The molecule has 0 saturated heterocycles. The quantitative estimate of drug-likeness (QED) is 0.305. The molecule has 138 valence electrons. The van der Waals surface area contributed by atoms with E-state index in [1.165, 1.54) is 108 Å². The van der Waals surface area contributed by atoms with Gasteiger partial charge < -0.3 is 5.32 Å². The van der Waals surface area contributed by atoms with Gasteiger partial charge in [-0.05, 0) is 24.5 Å². The maximum atomic E-state index is 3.30. The van der Waals surface area contributed by atoms with Crippen LogP contribution in [0.15, 0.2) is 24.3 Å². The van der Waals surface area contributed by atoms with Crippen molar-refractivity contribution in [2.45, 2.75) is 103 Å². The summed E-state index contributed by atoms with van der Waals surface area (Å²) >= 11 is 0. The second-order valence-electron chi connectivity index (χ2n) is 7.25. The van der Waals surface area contributed by atoms with Crippen molar-refractivity contribution in [1.29, 1.82) is 0 Å². The van der Waals surface area contributed by atoms with Gasteiger partial charge in [0.25, 0.3) is 0 Å². The van der Waals surface area contributed by atoms with Gasteiger partial charge >= 0.3 is 0 Å². The van der Waals surface area contributed by atoms with E-state index >= 15 is 0 Å². The molecule has 0 aromatic heterocycles. The van der Waals surface area contributed by atoms with Crippen LogP contribution in [-0.4, -0.2) is 7.05 Å².